The Kier molecular flexibility index (Phi) is 4.33. The molecule has 0 saturated carbocycles. The summed E-state index contributed by atoms with van der Waals surface area (Å²) in [6, 6.07) is 16.5. The molecule has 0 spiro atoms. The molecule has 2 aromatic carbocycles. The molecular formula is C19H17N5O3S. The Morgan fingerprint density at radius 2 is 1.79 bits per heavy atom. The number of nitrogens with zero attached hydrogens (tertiary/aromatic N) is 3. The van der Waals surface area contributed by atoms with Crippen molar-refractivity contribution in [1.29, 1.82) is 0 Å². The number of carbonyl (C=O) groups is 1. The third kappa shape index (κ3) is 3.21. The number of nitrogens with one attached hydrogen (secondary N) is 1. The number of benzene rings is 2. The highest BCUT2D eigenvalue weighted by molar-refractivity contribution is 7.89. The maximum absolute atomic E-state index is 13.0. The molecule has 0 fully saturated rings. The smallest absolute Gasteiger partial charge is 0.252 e. The number of amides is 1. The maximum atomic E-state index is 13.0. The number of nitrogens with two attached hydrogens (primary N) is 1. The summed E-state index contributed by atoms with van der Waals surface area (Å²) in [5, 5.41) is 16.3. The first kappa shape index (κ1) is 18.1. The van der Waals surface area contributed by atoms with Crippen LogP contribution in [0, 0.1) is 6.92 Å². The summed E-state index contributed by atoms with van der Waals surface area (Å²) in [6.07, 6.45) is 0. The van der Waals surface area contributed by atoms with Gasteiger partial charge in [-0.15, -0.1) is 5.10 Å². The first-order valence-corrected chi connectivity index (χ1v) is 10.0. The van der Waals surface area contributed by atoms with E-state index >= 15 is 0 Å². The number of fused-ring (bicyclic) bond motifs is 1. The van der Waals surface area contributed by atoms with E-state index in [0.717, 1.165) is 11.3 Å². The topological polar surface area (TPSA) is 118 Å². The zero-order valence-electron chi connectivity index (χ0n) is 14.9. The second kappa shape index (κ2) is 6.70. The van der Waals surface area contributed by atoms with Crippen LogP contribution in [0.5, 0.6) is 0 Å². The summed E-state index contributed by atoms with van der Waals surface area (Å²) < 4.78 is 23.4. The number of hydrogen-bond donors (Lipinski definition) is 2. The Bertz CT molecular complexity index is 1150. The van der Waals surface area contributed by atoms with Crippen LogP contribution < -0.4 is 15.4 Å². The molecule has 0 bridgehead atoms. The van der Waals surface area contributed by atoms with Crippen molar-refractivity contribution in [3.05, 3.63) is 71.9 Å². The van der Waals surface area contributed by atoms with Crippen LogP contribution in [0.4, 0.5) is 17.2 Å². The van der Waals surface area contributed by atoms with E-state index in [1.54, 1.807) is 23.1 Å². The van der Waals surface area contributed by atoms with Gasteiger partial charge >= 0.3 is 0 Å². The predicted molar refractivity (Wildman–Crippen MR) is 105 cm³/mol. The van der Waals surface area contributed by atoms with Crippen LogP contribution in [0.15, 0.2) is 65.6 Å². The highest BCUT2D eigenvalue weighted by atomic mass is 32.2. The van der Waals surface area contributed by atoms with Crippen LogP contribution in [0.3, 0.4) is 0 Å². The summed E-state index contributed by atoms with van der Waals surface area (Å²) in [5.74, 6) is 0.159. The molecule has 28 heavy (non-hydrogen) atoms. The molecule has 8 nitrogen and oxygen atoms in total. The average molecular weight is 395 g/mol. The molecule has 1 aliphatic rings. The van der Waals surface area contributed by atoms with E-state index in [1.165, 1.54) is 12.1 Å². The number of anilines is 3. The van der Waals surface area contributed by atoms with Crippen molar-refractivity contribution in [1.82, 2.24) is 10.2 Å². The molecule has 1 amide bonds. The van der Waals surface area contributed by atoms with Crippen LogP contribution in [-0.4, -0.2) is 24.5 Å². The monoisotopic (exact) mass is 395 g/mol. The largest absolute Gasteiger partial charge is 0.322 e. The van der Waals surface area contributed by atoms with Gasteiger partial charge in [-0.1, -0.05) is 30.3 Å². The zero-order chi connectivity index (χ0) is 19.9. The quantitative estimate of drug-likeness (QED) is 0.702. The number of primary sulfonamides is 1. The SMILES string of the molecule is Cc1ccc(N2c3ccc(S(N)(=O)=O)cc3NC(=O)C2c2ccccc2)nn1. The van der Waals surface area contributed by atoms with Crippen molar-refractivity contribution >= 4 is 33.1 Å². The molecule has 0 aliphatic carbocycles. The first-order valence-electron chi connectivity index (χ1n) is 8.47. The molecule has 0 saturated heterocycles. The minimum Gasteiger partial charge on any atom is -0.322 e. The number of aromatic nitrogens is 2. The summed E-state index contributed by atoms with van der Waals surface area (Å²) in [4.78, 5) is 14.6. The van der Waals surface area contributed by atoms with Gasteiger partial charge < -0.3 is 10.2 Å². The molecule has 0 radical (unpaired) electrons. The van der Waals surface area contributed by atoms with Crippen LogP contribution in [0.1, 0.15) is 17.3 Å². The van der Waals surface area contributed by atoms with E-state index in [4.69, 9.17) is 5.14 Å². The molecule has 1 aromatic heterocycles. The highest BCUT2D eigenvalue weighted by Crippen LogP contribution is 2.43. The van der Waals surface area contributed by atoms with E-state index in [2.05, 4.69) is 15.5 Å². The molecule has 142 valence electrons. The molecule has 9 heteroatoms. The fourth-order valence-corrected chi connectivity index (χ4v) is 3.71. The lowest BCUT2D eigenvalue weighted by molar-refractivity contribution is -0.117. The van der Waals surface area contributed by atoms with Gasteiger partial charge in [-0.25, -0.2) is 13.6 Å². The molecule has 1 atom stereocenters. The molecule has 1 aliphatic heterocycles. The van der Waals surface area contributed by atoms with Gasteiger partial charge in [0.1, 0.15) is 6.04 Å². The predicted octanol–water partition coefficient (Wildman–Crippen LogP) is 2.26. The second-order valence-electron chi connectivity index (χ2n) is 6.43. The number of aryl methyl sites for hydroxylation is 1. The summed E-state index contributed by atoms with van der Waals surface area (Å²) in [6.45, 7) is 1.82. The lowest BCUT2D eigenvalue weighted by atomic mass is 10.00. The number of rotatable bonds is 3. The Labute approximate surface area is 162 Å². The third-order valence-electron chi connectivity index (χ3n) is 4.47. The van der Waals surface area contributed by atoms with Crippen molar-refractivity contribution in [3.63, 3.8) is 0 Å². The second-order valence-corrected chi connectivity index (χ2v) is 7.99. The average Bonchev–Trinajstić information content (AvgIpc) is 2.67. The molecule has 4 rings (SSSR count). The first-order chi connectivity index (χ1) is 13.3. The van der Waals surface area contributed by atoms with E-state index in [1.807, 2.05) is 37.3 Å². The molecule has 2 heterocycles. The van der Waals surface area contributed by atoms with Crippen molar-refractivity contribution in [2.24, 2.45) is 5.14 Å². The molecule has 3 aromatic rings. The Morgan fingerprint density at radius 1 is 1.04 bits per heavy atom. The van der Waals surface area contributed by atoms with Gasteiger partial charge in [0.25, 0.3) is 5.91 Å². The zero-order valence-corrected chi connectivity index (χ0v) is 15.7. The Balaban J connectivity index is 1.92. The van der Waals surface area contributed by atoms with Crippen molar-refractivity contribution < 1.29 is 13.2 Å². The normalized spacial score (nSPS) is 16.4. The van der Waals surface area contributed by atoms with Crippen LogP contribution in [-0.2, 0) is 14.8 Å². The summed E-state index contributed by atoms with van der Waals surface area (Å²) in [7, 11) is -3.90. The minimum atomic E-state index is -3.90. The van der Waals surface area contributed by atoms with E-state index in [0.29, 0.717) is 17.2 Å². The third-order valence-corrected chi connectivity index (χ3v) is 5.38. The standard InChI is InChI=1S/C19H17N5O3S/c1-12-7-10-17(23-22-12)24-16-9-8-14(28(20,26)27)11-15(16)21-19(25)18(24)13-5-3-2-4-6-13/h2-11,18H,1H3,(H,21,25)(H2,20,26,27). The lowest BCUT2D eigenvalue weighted by Gasteiger charge is -2.37. The van der Waals surface area contributed by atoms with E-state index in [9.17, 15) is 13.2 Å². The maximum Gasteiger partial charge on any atom is 0.252 e. The van der Waals surface area contributed by atoms with Gasteiger partial charge in [0, 0.05) is 0 Å². The molecule has 1 unspecified atom stereocenters. The fourth-order valence-electron chi connectivity index (χ4n) is 3.17. The van der Waals surface area contributed by atoms with Crippen molar-refractivity contribution in [2.45, 2.75) is 17.9 Å². The van der Waals surface area contributed by atoms with Gasteiger partial charge in [0.05, 0.1) is 22.0 Å². The van der Waals surface area contributed by atoms with Crippen LogP contribution in [0.25, 0.3) is 0 Å². The number of carbonyl (C=O) groups excluding carboxylic acids is 1. The van der Waals surface area contributed by atoms with Gasteiger partial charge in [-0.05, 0) is 42.8 Å². The summed E-state index contributed by atoms with van der Waals surface area (Å²) >= 11 is 0. The Hall–Kier alpha value is -3.30. The van der Waals surface area contributed by atoms with Gasteiger partial charge in [0.2, 0.25) is 10.0 Å². The van der Waals surface area contributed by atoms with Crippen LogP contribution in [0.2, 0.25) is 0 Å². The highest BCUT2D eigenvalue weighted by Gasteiger charge is 2.36. The molecular weight excluding hydrogens is 378 g/mol. The number of hydrogen-bond acceptors (Lipinski definition) is 6. The fraction of sp³-hybridized carbons (Fsp3) is 0.105. The van der Waals surface area contributed by atoms with Gasteiger partial charge in [-0.2, -0.15) is 5.10 Å². The van der Waals surface area contributed by atoms with Crippen LogP contribution >= 0.6 is 0 Å². The van der Waals surface area contributed by atoms with Gasteiger partial charge in [-0.3, -0.25) is 4.79 Å². The minimum absolute atomic E-state index is 0.0837. The van der Waals surface area contributed by atoms with Gasteiger partial charge in [0.15, 0.2) is 5.82 Å². The van der Waals surface area contributed by atoms with E-state index < -0.39 is 16.1 Å². The van der Waals surface area contributed by atoms with Crippen molar-refractivity contribution in [2.75, 3.05) is 10.2 Å². The number of sulfonamides is 1. The summed E-state index contributed by atoms with van der Waals surface area (Å²) in [5.41, 5.74) is 2.44. The Morgan fingerprint density at radius 3 is 2.43 bits per heavy atom. The van der Waals surface area contributed by atoms with Crippen molar-refractivity contribution in [3.8, 4) is 0 Å². The lowest BCUT2D eigenvalue weighted by Crippen LogP contribution is -2.39. The molecule has 3 N–H and O–H groups in total. The van der Waals surface area contributed by atoms with E-state index in [-0.39, 0.29) is 10.8 Å².